The van der Waals surface area contributed by atoms with Gasteiger partial charge in [-0.2, -0.15) is 23.5 Å². The van der Waals surface area contributed by atoms with Crippen molar-refractivity contribution >= 4 is 39.2 Å². The average molecular weight is 490 g/mol. The maximum atomic E-state index is 13.8. The first kappa shape index (κ1) is 22.9. The Balaban J connectivity index is 1.77. The highest BCUT2D eigenvalue weighted by Gasteiger charge is 2.36. The molecule has 4 heterocycles. The maximum Gasteiger partial charge on any atom is 0.433 e. The van der Waals surface area contributed by atoms with E-state index in [1.54, 1.807) is 6.07 Å². The number of nitrogens with one attached hydrogen (secondary N) is 1. The summed E-state index contributed by atoms with van der Waals surface area (Å²) >= 11 is 2.62. The molecule has 170 valence electrons. The third kappa shape index (κ3) is 4.24. The Labute approximate surface area is 195 Å². The van der Waals surface area contributed by atoms with Crippen LogP contribution in [0.15, 0.2) is 24.3 Å². The lowest BCUT2D eigenvalue weighted by molar-refractivity contribution is -0.142. The lowest BCUT2D eigenvalue weighted by Crippen LogP contribution is -2.15. The minimum atomic E-state index is -4.70. The van der Waals surface area contributed by atoms with E-state index < -0.39 is 17.8 Å². The largest absolute Gasteiger partial charge is 0.433 e. The molecule has 11 heteroatoms. The van der Waals surface area contributed by atoms with Crippen LogP contribution < -0.4 is 5.32 Å². The van der Waals surface area contributed by atoms with E-state index >= 15 is 0 Å². The second-order valence-corrected chi connectivity index (χ2v) is 9.60. The Morgan fingerprint density at radius 1 is 1.21 bits per heavy atom. The summed E-state index contributed by atoms with van der Waals surface area (Å²) in [5, 5.41) is 16.3. The summed E-state index contributed by atoms with van der Waals surface area (Å²) in [6.07, 6.45) is -3.31. The Kier molecular flexibility index (Phi) is 5.99. The Hall–Kier alpha value is -3.23. The number of thiophene rings is 2. The minimum Gasteiger partial charge on any atom is -0.311 e. The Morgan fingerprint density at radius 3 is 2.58 bits per heavy atom. The highest BCUT2D eigenvalue weighted by atomic mass is 32.1. The first-order valence-electron chi connectivity index (χ1n) is 10.1. The summed E-state index contributed by atoms with van der Waals surface area (Å²) in [4.78, 5) is 19.7. The first-order chi connectivity index (χ1) is 15.7. The van der Waals surface area contributed by atoms with Crippen LogP contribution in [0, 0.1) is 18.3 Å². The van der Waals surface area contributed by atoms with Crippen LogP contribution in [-0.2, 0) is 19.0 Å². The number of alkyl halides is 3. The van der Waals surface area contributed by atoms with E-state index in [9.17, 15) is 23.2 Å². The molecule has 0 unspecified atom stereocenters. The number of aromatic nitrogens is 3. The zero-order valence-electron chi connectivity index (χ0n) is 17.9. The molecule has 0 saturated heterocycles. The number of fused-ring (bicyclic) bond motifs is 1. The molecule has 0 spiro atoms. The van der Waals surface area contributed by atoms with Crippen LogP contribution in [0.1, 0.15) is 50.9 Å². The van der Waals surface area contributed by atoms with Crippen molar-refractivity contribution in [3.63, 3.8) is 0 Å². The number of halogens is 3. The fourth-order valence-corrected chi connectivity index (χ4v) is 5.50. The van der Waals surface area contributed by atoms with Gasteiger partial charge in [0.2, 0.25) is 0 Å². The number of rotatable bonds is 5. The average Bonchev–Trinajstić information content (AvgIpc) is 3.48. The lowest BCUT2D eigenvalue weighted by atomic mass is 10.1. The van der Waals surface area contributed by atoms with Crippen LogP contribution in [0.3, 0.4) is 0 Å². The SMILES string of the molecule is CCc1ccc(-c2cc(C(F)(F)F)n3nc(C(=O)Nc4sc(C)c(CC)c4C#N)cc3n2)s1. The molecule has 0 saturated carbocycles. The number of nitrogens with zero attached hydrogens (tertiary/aromatic N) is 4. The summed E-state index contributed by atoms with van der Waals surface area (Å²) in [5.74, 6) is -0.708. The monoisotopic (exact) mass is 489 g/mol. The highest BCUT2D eigenvalue weighted by Crippen LogP contribution is 2.35. The molecular weight excluding hydrogens is 471 g/mol. The van der Waals surface area contributed by atoms with E-state index in [-0.39, 0.29) is 17.0 Å². The summed E-state index contributed by atoms with van der Waals surface area (Å²) in [7, 11) is 0. The molecule has 0 aromatic carbocycles. The molecule has 0 bridgehead atoms. The normalized spacial score (nSPS) is 11.7. The minimum absolute atomic E-state index is 0.0893. The summed E-state index contributed by atoms with van der Waals surface area (Å²) < 4.78 is 42.1. The van der Waals surface area contributed by atoms with Crippen LogP contribution in [-0.4, -0.2) is 20.5 Å². The molecule has 1 amide bonds. The fourth-order valence-electron chi connectivity index (χ4n) is 3.50. The van der Waals surface area contributed by atoms with Crippen molar-refractivity contribution in [2.75, 3.05) is 5.32 Å². The fraction of sp³-hybridized carbons (Fsp3) is 0.273. The number of hydrogen-bond donors (Lipinski definition) is 1. The van der Waals surface area contributed by atoms with Gasteiger partial charge >= 0.3 is 6.18 Å². The maximum absolute atomic E-state index is 13.8. The van der Waals surface area contributed by atoms with Crippen molar-refractivity contribution in [3.05, 3.63) is 56.5 Å². The van der Waals surface area contributed by atoms with E-state index in [1.165, 1.54) is 28.7 Å². The molecule has 4 rings (SSSR count). The van der Waals surface area contributed by atoms with Crippen LogP contribution in [0.25, 0.3) is 16.2 Å². The van der Waals surface area contributed by atoms with Crippen LogP contribution in [0.2, 0.25) is 0 Å². The van der Waals surface area contributed by atoms with Gasteiger partial charge in [0.1, 0.15) is 11.1 Å². The van der Waals surface area contributed by atoms with Gasteiger partial charge < -0.3 is 5.32 Å². The summed E-state index contributed by atoms with van der Waals surface area (Å²) in [5.41, 5.74) is 0.0245. The number of aryl methyl sites for hydroxylation is 2. The molecular formula is C22H18F3N5OS2. The second-order valence-electron chi connectivity index (χ2n) is 7.20. The molecule has 6 nitrogen and oxygen atoms in total. The van der Waals surface area contributed by atoms with Gasteiger partial charge in [0.25, 0.3) is 5.91 Å². The third-order valence-corrected chi connectivity index (χ3v) is 7.43. The van der Waals surface area contributed by atoms with Crippen LogP contribution in [0.5, 0.6) is 0 Å². The van der Waals surface area contributed by atoms with Crippen molar-refractivity contribution in [1.29, 1.82) is 5.26 Å². The molecule has 4 aromatic heterocycles. The number of hydrogen-bond acceptors (Lipinski definition) is 6. The van der Waals surface area contributed by atoms with Crippen molar-refractivity contribution in [2.24, 2.45) is 0 Å². The van der Waals surface area contributed by atoms with E-state index in [2.05, 4.69) is 21.5 Å². The molecule has 0 atom stereocenters. The van der Waals surface area contributed by atoms with Gasteiger partial charge in [-0.05, 0) is 43.5 Å². The topological polar surface area (TPSA) is 83.1 Å². The van der Waals surface area contributed by atoms with Gasteiger partial charge in [0.15, 0.2) is 17.0 Å². The van der Waals surface area contributed by atoms with Gasteiger partial charge in [0.05, 0.1) is 16.1 Å². The number of nitriles is 1. The molecule has 33 heavy (non-hydrogen) atoms. The molecule has 4 aromatic rings. The van der Waals surface area contributed by atoms with Crippen molar-refractivity contribution in [1.82, 2.24) is 14.6 Å². The predicted molar refractivity (Wildman–Crippen MR) is 122 cm³/mol. The second kappa shape index (κ2) is 8.61. The molecule has 1 N–H and O–H groups in total. The smallest absolute Gasteiger partial charge is 0.311 e. The zero-order valence-corrected chi connectivity index (χ0v) is 19.5. The first-order valence-corrected chi connectivity index (χ1v) is 11.7. The standard InChI is InChI=1S/C22H18F3N5OS2/c1-4-12-6-7-17(33-12)15-8-18(22(23,24)25)30-19(27-15)9-16(29-30)20(31)28-21-14(10-26)13(5-2)11(3)32-21/h6-9H,4-5H2,1-3H3,(H,28,31). The van der Waals surface area contributed by atoms with Gasteiger partial charge in [-0.3, -0.25) is 4.79 Å². The van der Waals surface area contributed by atoms with Crippen molar-refractivity contribution < 1.29 is 18.0 Å². The van der Waals surface area contributed by atoms with Gasteiger partial charge in [0, 0.05) is 15.8 Å². The molecule has 0 fully saturated rings. The Bertz CT molecular complexity index is 1410. The number of anilines is 1. The highest BCUT2D eigenvalue weighted by molar-refractivity contribution is 7.16. The quantitative estimate of drug-likeness (QED) is 0.367. The van der Waals surface area contributed by atoms with Crippen molar-refractivity contribution in [3.8, 4) is 16.6 Å². The number of carbonyl (C=O) groups excluding carboxylic acids is 1. The molecule has 0 aliphatic heterocycles. The van der Waals surface area contributed by atoms with E-state index in [1.807, 2.05) is 26.8 Å². The molecule has 0 aliphatic rings. The lowest BCUT2D eigenvalue weighted by Gasteiger charge is -2.10. The van der Waals surface area contributed by atoms with Crippen LogP contribution in [0.4, 0.5) is 18.2 Å². The number of amides is 1. The predicted octanol–water partition coefficient (Wildman–Crippen LogP) is 6.10. The van der Waals surface area contributed by atoms with E-state index in [0.29, 0.717) is 26.4 Å². The number of carbonyl (C=O) groups is 1. The third-order valence-electron chi connectivity index (χ3n) is 5.11. The molecule has 0 aliphatic carbocycles. The van der Waals surface area contributed by atoms with Crippen LogP contribution >= 0.6 is 22.7 Å². The van der Waals surface area contributed by atoms with Gasteiger partial charge in [-0.15, -0.1) is 22.7 Å². The summed E-state index contributed by atoms with van der Waals surface area (Å²) in [6.45, 7) is 5.72. The van der Waals surface area contributed by atoms with Gasteiger partial charge in [-0.1, -0.05) is 13.8 Å². The van der Waals surface area contributed by atoms with Gasteiger partial charge in [-0.25, -0.2) is 9.50 Å². The van der Waals surface area contributed by atoms with Crippen molar-refractivity contribution in [2.45, 2.75) is 39.8 Å². The molecule has 0 radical (unpaired) electrons. The summed E-state index contributed by atoms with van der Waals surface area (Å²) in [6, 6.07) is 7.84. The van der Waals surface area contributed by atoms with E-state index in [4.69, 9.17) is 0 Å². The zero-order chi connectivity index (χ0) is 23.9. The Morgan fingerprint density at radius 2 is 1.97 bits per heavy atom. The van der Waals surface area contributed by atoms with E-state index in [0.717, 1.165) is 27.8 Å².